The number of nitrogens with one attached hydrogen (secondary N) is 1. The molecule has 0 saturated heterocycles. The van der Waals surface area contributed by atoms with Crippen LogP contribution < -0.4 is 5.32 Å². The normalized spacial score (nSPS) is 15.2. The SMILES string of the molecule is CCN1C(=O)C(=Cc2cnn(CC)c2)N=C1SCC(=O)Nc1cc(C)ccc1C. The topological polar surface area (TPSA) is 79.6 Å². The van der Waals surface area contributed by atoms with Crippen molar-refractivity contribution in [1.29, 1.82) is 0 Å². The van der Waals surface area contributed by atoms with Crippen LogP contribution in [0.4, 0.5) is 5.69 Å². The third kappa shape index (κ3) is 4.95. The standard InChI is InChI=1S/C21H25N5O2S/c1-5-25-12-16(11-22-25)10-18-20(28)26(6-2)21(24-18)29-13-19(27)23-17-9-14(3)7-8-15(17)4/h7-12H,5-6,13H2,1-4H3,(H,23,27). The maximum absolute atomic E-state index is 12.6. The minimum absolute atomic E-state index is 0.128. The van der Waals surface area contributed by atoms with Crippen molar-refractivity contribution in [3.63, 3.8) is 0 Å². The Morgan fingerprint density at radius 2 is 2.03 bits per heavy atom. The number of aromatic nitrogens is 2. The van der Waals surface area contributed by atoms with E-state index in [1.54, 1.807) is 21.9 Å². The zero-order valence-corrected chi connectivity index (χ0v) is 17.9. The van der Waals surface area contributed by atoms with Gasteiger partial charge in [-0.25, -0.2) is 4.99 Å². The van der Waals surface area contributed by atoms with E-state index < -0.39 is 0 Å². The molecule has 152 valence electrons. The molecular weight excluding hydrogens is 386 g/mol. The molecule has 0 spiro atoms. The molecule has 3 rings (SSSR count). The zero-order chi connectivity index (χ0) is 21.0. The Bertz CT molecular complexity index is 993. The molecule has 2 aromatic rings. The summed E-state index contributed by atoms with van der Waals surface area (Å²) >= 11 is 1.26. The second-order valence-electron chi connectivity index (χ2n) is 6.76. The van der Waals surface area contributed by atoms with Crippen molar-refractivity contribution >= 4 is 40.5 Å². The smallest absolute Gasteiger partial charge is 0.278 e. The number of anilines is 1. The van der Waals surface area contributed by atoms with Gasteiger partial charge < -0.3 is 5.32 Å². The number of amides is 2. The monoisotopic (exact) mass is 411 g/mol. The number of aliphatic imine (C=N–C) groups is 1. The van der Waals surface area contributed by atoms with Crippen LogP contribution in [-0.4, -0.2) is 44.0 Å². The second-order valence-corrected chi connectivity index (χ2v) is 7.70. The van der Waals surface area contributed by atoms with Gasteiger partial charge in [0.1, 0.15) is 5.70 Å². The van der Waals surface area contributed by atoms with Crippen molar-refractivity contribution in [2.24, 2.45) is 4.99 Å². The third-order valence-corrected chi connectivity index (χ3v) is 5.48. The first-order chi connectivity index (χ1) is 13.9. The van der Waals surface area contributed by atoms with Crippen LogP contribution in [0.2, 0.25) is 0 Å². The molecule has 0 atom stereocenters. The van der Waals surface area contributed by atoms with E-state index in [9.17, 15) is 9.59 Å². The number of carbonyl (C=O) groups excluding carboxylic acids is 2. The molecule has 0 aliphatic carbocycles. The molecule has 0 unspecified atom stereocenters. The summed E-state index contributed by atoms with van der Waals surface area (Å²) in [5, 5.41) is 7.69. The fourth-order valence-corrected chi connectivity index (χ4v) is 3.75. The highest BCUT2D eigenvalue weighted by Gasteiger charge is 2.29. The van der Waals surface area contributed by atoms with Crippen molar-refractivity contribution in [3.05, 3.63) is 53.0 Å². The van der Waals surface area contributed by atoms with E-state index in [0.29, 0.717) is 17.4 Å². The summed E-state index contributed by atoms with van der Waals surface area (Å²) in [6.07, 6.45) is 5.31. The Morgan fingerprint density at radius 3 is 2.72 bits per heavy atom. The first-order valence-electron chi connectivity index (χ1n) is 9.55. The first kappa shape index (κ1) is 20.9. The lowest BCUT2D eigenvalue weighted by molar-refractivity contribution is -0.122. The lowest BCUT2D eigenvalue weighted by Crippen LogP contribution is -2.31. The average molecular weight is 412 g/mol. The molecule has 0 fully saturated rings. The Balaban J connectivity index is 1.69. The van der Waals surface area contributed by atoms with E-state index in [4.69, 9.17) is 0 Å². The number of aryl methyl sites for hydroxylation is 3. The number of hydrogen-bond donors (Lipinski definition) is 1. The van der Waals surface area contributed by atoms with Crippen LogP contribution in [0.15, 0.2) is 41.3 Å². The molecule has 7 nitrogen and oxygen atoms in total. The molecular formula is C21H25N5O2S. The van der Waals surface area contributed by atoms with Gasteiger partial charge in [0.05, 0.1) is 11.9 Å². The van der Waals surface area contributed by atoms with E-state index in [2.05, 4.69) is 15.4 Å². The average Bonchev–Trinajstić information content (AvgIpc) is 3.27. The van der Waals surface area contributed by atoms with Gasteiger partial charge in [-0.15, -0.1) is 0 Å². The largest absolute Gasteiger partial charge is 0.325 e. The molecule has 1 N–H and O–H groups in total. The van der Waals surface area contributed by atoms with Crippen molar-refractivity contribution < 1.29 is 9.59 Å². The predicted octanol–water partition coefficient (Wildman–Crippen LogP) is 3.45. The number of hydrogen-bond acceptors (Lipinski definition) is 5. The van der Waals surface area contributed by atoms with Crippen LogP contribution >= 0.6 is 11.8 Å². The lowest BCUT2D eigenvalue weighted by Gasteiger charge is -2.15. The minimum atomic E-state index is -0.158. The molecule has 1 aromatic heterocycles. The van der Waals surface area contributed by atoms with Gasteiger partial charge in [0, 0.05) is 30.5 Å². The summed E-state index contributed by atoms with van der Waals surface area (Å²) in [6, 6.07) is 5.94. The third-order valence-electron chi connectivity index (χ3n) is 4.51. The fourth-order valence-electron chi connectivity index (χ4n) is 2.89. The number of amidine groups is 1. The van der Waals surface area contributed by atoms with Gasteiger partial charge in [0.15, 0.2) is 5.17 Å². The highest BCUT2D eigenvalue weighted by Crippen LogP contribution is 2.24. The van der Waals surface area contributed by atoms with Gasteiger partial charge >= 0.3 is 0 Å². The Hall–Kier alpha value is -2.87. The predicted molar refractivity (Wildman–Crippen MR) is 118 cm³/mol. The van der Waals surface area contributed by atoms with Crippen LogP contribution in [0.25, 0.3) is 6.08 Å². The summed E-state index contributed by atoms with van der Waals surface area (Å²) in [4.78, 5) is 31.1. The minimum Gasteiger partial charge on any atom is -0.325 e. The summed E-state index contributed by atoms with van der Waals surface area (Å²) in [6.45, 7) is 9.09. The summed E-state index contributed by atoms with van der Waals surface area (Å²) in [7, 11) is 0. The quantitative estimate of drug-likeness (QED) is 0.739. The Morgan fingerprint density at radius 1 is 1.24 bits per heavy atom. The van der Waals surface area contributed by atoms with Gasteiger partial charge in [-0.05, 0) is 51.0 Å². The van der Waals surface area contributed by atoms with E-state index in [1.165, 1.54) is 11.8 Å². The van der Waals surface area contributed by atoms with Gasteiger partial charge in [-0.1, -0.05) is 23.9 Å². The highest BCUT2D eigenvalue weighted by molar-refractivity contribution is 8.14. The van der Waals surface area contributed by atoms with Gasteiger partial charge in [0.2, 0.25) is 5.91 Å². The first-order valence-corrected chi connectivity index (χ1v) is 10.5. The molecule has 1 aliphatic rings. The maximum atomic E-state index is 12.6. The number of benzene rings is 1. The maximum Gasteiger partial charge on any atom is 0.278 e. The summed E-state index contributed by atoms with van der Waals surface area (Å²) < 4.78 is 1.79. The fraction of sp³-hybridized carbons (Fsp3) is 0.333. The van der Waals surface area contributed by atoms with Crippen molar-refractivity contribution in [3.8, 4) is 0 Å². The number of likely N-dealkylation sites (N-methyl/N-ethyl adjacent to an activating group) is 1. The molecule has 0 bridgehead atoms. The molecule has 2 amide bonds. The Kier molecular flexibility index (Phi) is 6.53. The number of nitrogens with zero attached hydrogens (tertiary/aromatic N) is 4. The van der Waals surface area contributed by atoms with E-state index in [1.807, 2.05) is 52.1 Å². The molecule has 1 aliphatic heterocycles. The van der Waals surface area contributed by atoms with Crippen LogP contribution in [0.3, 0.4) is 0 Å². The highest BCUT2D eigenvalue weighted by atomic mass is 32.2. The summed E-state index contributed by atoms with van der Waals surface area (Å²) in [5.74, 6) is -0.109. The second kappa shape index (κ2) is 9.09. The van der Waals surface area contributed by atoms with Crippen LogP contribution in [0.5, 0.6) is 0 Å². The van der Waals surface area contributed by atoms with Gasteiger partial charge in [-0.3, -0.25) is 19.2 Å². The van der Waals surface area contributed by atoms with E-state index in [-0.39, 0.29) is 17.6 Å². The van der Waals surface area contributed by atoms with Crippen molar-refractivity contribution in [2.75, 3.05) is 17.6 Å². The van der Waals surface area contributed by atoms with Gasteiger partial charge in [-0.2, -0.15) is 5.10 Å². The molecule has 8 heteroatoms. The molecule has 0 radical (unpaired) electrons. The number of rotatable bonds is 6. The van der Waals surface area contributed by atoms with E-state index in [0.717, 1.165) is 28.9 Å². The number of thioether (sulfide) groups is 1. The van der Waals surface area contributed by atoms with Crippen molar-refractivity contribution in [1.82, 2.24) is 14.7 Å². The molecule has 1 aromatic carbocycles. The molecule has 2 heterocycles. The van der Waals surface area contributed by atoms with Crippen LogP contribution in [0.1, 0.15) is 30.5 Å². The van der Waals surface area contributed by atoms with Crippen LogP contribution in [0, 0.1) is 13.8 Å². The molecule has 29 heavy (non-hydrogen) atoms. The lowest BCUT2D eigenvalue weighted by atomic mass is 10.1. The zero-order valence-electron chi connectivity index (χ0n) is 17.1. The Labute approximate surface area is 174 Å². The van der Waals surface area contributed by atoms with E-state index >= 15 is 0 Å². The molecule has 0 saturated carbocycles. The summed E-state index contributed by atoms with van der Waals surface area (Å²) in [5.41, 5.74) is 4.09. The number of carbonyl (C=O) groups is 2. The van der Waals surface area contributed by atoms with Crippen molar-refractivity contribution in [2.45, 2.75) is 34.2 Å². The van der Waals surface area contributed by atoms with Crippen LogP contribution in [-0.2, 0) is 16.1 Å². The van der Waals surface area contributed by atoms with Gasteiger partial charge in [0.25, 0.3) is 5.91 Å².